The lowest BCUT2D eigenvalue weighted by molar-refractivity contribution is 0.0871. The Morgan fingerprint density at radius 1 is 1.27 bits per heavy atom. The van der Waals surface area contributed by atoms with Crippen molar-refractivity contribution in [3.8, 4) is 0 Å². The molecule has 2 unspecified atom stereocenters. The average Bonchev–Trinajstić information content (AvgIpc) is 3.51. The highest BCUT2D eigenvalue weighted by Crippen LogP contribution is 2.28. The number of carbonyl (C=O) groups excluding carboxylic acids is 1. The van der Waals surface area contributed by atoms with Crippen LogP contribution in [0.5, 0.6) is 0 Å². The second kappa shape index (κ2) is 9.05. The fourth-order valence-corrected chi connectivity index (χ4v) is 3.65. The zero-order valence-corrected chi connectivity index (χ0v) is 17.1. The maximum Gasteiger partial charge on any atom is 0.323 e. The highest BCUT2D eigenvalue weighted by atomic mass is 19.1. The quantitative estimate of drug-likeness (QED) is 0.706. The van der Waals surface area contributed by atoms with Gasteiger partial charge in [0.15, 0.2) is 18.3 Å². The first-order chi connectivity index (χ1) is 14.5. The van der Waals surface area contributed by atoms with Crippen LogP contribution in [-0.2, 0) is 16.0 Å². The van der Waals surface area contributed by atoms with Crippen LogP contribution in [0.3, 0.4) is 0 Å². The molecule has 4 rings (SSSR count). The van der Waals surface area contributed by atoms with Crippen molar-refractivity contribution >= 4 is 17.4 Å². The number of anilines is 2. The minimum Gasteiger partial charge on any atom is -0.352 e. The van der Waals surface area contributed by atoms with E-state index in [1.165, 1.54) is 0 Å². The van der Waals surface area contributed by atoms with Crippen molar-refractivity contribution in [1.29, 1.82) is 0 Å². The summed E-state index contributed by atoms with van der Waals surface area (Å²) in [4.78, 5) is 20.8. The molecule has 2 N–H and O–H groups in total. The van der Waals surface area contributed by atoms with Gasteiger partial charge in [-0.1, -0.05) is 12.1 Å². The lowest BCUT2D eigenvalue weighted by Crippen LogP contribution is -2.47. The van der Waals surface area contributed by atoms with Gasteiger partial charge in [-0.05, 0) is 25.1 Å². The molecular weight excluding hydrogens is 389 g/mol. The van der Waals surface area contributed by atoms with Gasteiger partial charge >= 0.3 is 6.03 Å². The van der Waals surface area contributed by atoms with Crippen LogP contribution >= 0.6 is 0 Å². The number of amides is 2. The summed E-state index contributed by atoms with van der Waals surface area (Å²) in [6.45, 7) is 5.64. The lowest BCUT2D eigenvalue weighted by atomic mass is 10.1. The number of ether oxygens (including phenoxy) is 2. The van der Waals surface area contributed by atoms with E-state index in [0.29, 0.717) is 17.8 Å². The SMILES string of the molecule is COC1OC1N1CCN(Cc2cccc(NC(=O)Nc3ccnc(C)c3)c2F)CC1. The number of urea groups is 1. The van der Waals surface area contributed by atoms with Gasteiger partial charge in [0.25, 0.3) is 0 Å². The molecule has 3 heterocycles. The van der Waals surface area contributed by atoms with Crippen molar-refractivity contribution in [2.24, 2.45) is 0 Å². The Kier molecular flexibility index (Phi) is 6.24. The van der Waals surface area contributed by atoms with E-state index in [1.54, 1.807) is 43.6 Å². The monoisotopic (exact) mass is 415 g/mol. The summed E-state index contributed by atoms with van der Waals surface area (Å²) in [6, 6.07) is 7.99. The number of hydrogen-bond acceptors (Lipinski definition) is 6. The number of epoxide rings is 1. The number of methoxy groups -OCH3 is 1. The highest BCUT2D eigenvalue weighted by molar-refractivity contribution is 5.99. The topological polar surface area (TPSA) is 82.3 Å². The Morgan fingerprint density at radius 3 is 2.77 bits per heavy atom. The molecule has 1 aromatic heterocycles. The van der Waals surface area contributed by atoms with Crippen LogP contribution in [0.15, 0.2) is 36.5 Å². The number of hydrogen-bond donors (Lipinski definition) is 2. The molecule has 8 nitrogen and oxygen atoms in total. The predicted octanol–water partition coefficient (Wildman–Crippen LogP) is 2.62. The van der Waals surface area contributed by atoms with Gasteiger partial charge < -0.3 is 20.1 Å². The van der Waals surface area contributed by atoms with Gasteiger partial charge in [-0.3, -0.25) is 14.8 Å². The summed E-state index contributed by atoms with van der Waals surface area (Å²) in [7, 11) is 1.64. The molecule has 160 valence electrons. The number of nitrogens with one attached hydrogen (secondary N) is 2. The second-order valence-electron chi connectivity index (χ2n) is 7.49. The van der Waals surface area contributed by atoms with Crippen molar-refractivity contribution in [1.82, 2.24) is 14.8 Å². The lowest BCUT2D eigenvalue weighted by Gasteiger charge is -2.33. The van der Waals surface area contributed by atoms with Crippen LogP contribution in [0.25, 0.3) is 0 Å². The number of carbonyl (C=O) groups is 1. The summed E-state index contributed by atoms with van der Waals surface area (Å²) < 4.78 is 25.6. The van der Waals surface area contributed by atoms with Gasteiger partial charge in [-0.2, -0.15) is 0 Å². The first-order valence-electron chi connectivity index (χ1n) is 9.96. The third-order valence-corrected chi connectivity index (χ3v) is 5.30. The molecule has 30 heavy (non-hydrogen) atoms. The normalized spacial score (nSPS) is 22.0. The fraction of sp³-hybridized carbons (Fsp3) is 0.429. The smallest absolute Gasteiger partial charge is 0.323 e. The first kappa shape index (κ1) is 20.7. The molecule has 2 saturated heterocycles. The van der Waals surface area contributed by atoms with E-state index in [9.17, 15) is 9.18 Å². The molecule has 0 aliphatic carbocycles. The van der Waals surface area contributed by atoms with E-state index in [1.807, 2.05) is 6.92 Å². The number of pyridine rings is 1. The van der Waals surface area contributed by atoms with Crippen LogP contribution in [-0.4, -0.2) is 66.6 Å². The molecule has 0 saturated carbocycles. The van der Waals surface area contributed by atoms with Crippen LogP contribution in [0.4, 0.5) is 20.6 Å². The van der Waals surface area contributed by atoms with Crippen LogP contribution in [0.1, 0.15) is 11.3 Å². The van der Waals surface area contributed by atoms with E-state index in [2.05, 4.69) is 25.4 Å². The van der Waals surface area contributed by atoms with Gasteiger partial charge in [-0.15, -0.1) is 0 Å². The number of nitrogens with zero attached hydrogens (tertiary/aromatic N) is 3. The van der Waals surface area contributed by atoms with Crippen LogP contribution in [0.2, 0.25) is 0 Å². The minimum atomic E-state index is -0.498. The minimum absolute atomic E-state index is 0.0455. The molecule has 2 atom stereocenters. The molecule has 1 aromatic carbocycles. The average molecular weight is 415 g/mol. The maximum atomic E-state index is 15.0. The standard InChI is InChI=1S/C21H26FN5O3/c1-14-12-16(6-7-23-14)24-21(28)25-17-5-3-4-15(18(17)22)13-26-8-10-27(11-9-26)19-20(29-2)30-19/h3-7,12,19-20H,8-11,13H2,1-2H3,(H2,23,24,25,28). The van der Waals surface area contributed by atoms with E-state index >= 15 is 0 Å². The number of aromatic nitrogens is 1. The van der Waals surface area contributed by atoms with Crippen LogP contribution < -0.4 is 10.6 Å². The Labute approximate surface area is 175 Å². The summed E-state index contributed by atoms with van der Waals surface area (Å²) in [5.41, 5.74) is 2.10. The summed E-state index contributed by atoms with van der Waals surface area (Å²) in [6.07, 6.45) is 1.53. The molecule has 2 aliphatic rings. The molecule has 2 amide bonds. The van der Waals surface area contributed by atoms with E-state index in [4.69, 9.17) is 9.47 Å². The summed E-state index contributed by atoms with van der Waals surface area (Å²) in [5, 5.41) is 5.29. The number of piperazine rings is 1. The third-order valence-electron chi connectivity index (χ3n) is 5.30. The Hall–Kier alpha value is -2.59. The maximum absolute atomic E-state index is 15.0. The Morgan fingerprint density at radius 2 is 2.07 bits per heavy atom. The number of benzene rings is 1. The van der Waals surface area contributed by atoms with E-state index in [-0.39, 0.29) is 18.2 Å². The van der Waals surface area contributed by atoms with E-state index < -0.39 is 11.8 Å². The second-order valence-corrected chi connectivity index (χ2v) is 7.49. The van der Waals surface area contributed by atoms with Gasteiger partial charge in [0.2, 0.25) is 0 Å². The molecular formula is C21H26FN5O3. The van der Waals surface area contributed by atoms with Crippen molar-refractivity contribution in [2.45, 2.75) is 26.0 Å². The molecule has 2 aliphatic heterocycles. The van der Waals surface area contributed by atoms with Crippen molar-refractivity contribution in [3.63, 3.8) is 0 Å². The summed E-state index contributed by atoms with van der Waals surface area (Å²) >= 11 is 0. The number of rotatable bonds is 6. The zero-order chi connectivity index (χ0) is 21.1. The highest BCUT2D eigenvalue weighted by Gasteiger charge is 2.44. The zero-order valence-electron chi connectivity index (χ0n) is 17.1. The molecule has 9 heteroatoms. The van der Waals surface area contributed by atoms with Gasteiger partial charge in [0.1, 0.15) is 0 Å². The number of halogens is 1. The molecule has 0 spiro atoms. The van der Waals surface area contributed by atoms with Crippen molar-refractivity contribution in [2.75, 3.05) is 43.9 Å². The predicted molar refractivity (Wildman–Crippen MR) is 111 cm³/mol. The third kappa shape index (κ3) is 4.93. The molecule has 2 aromatic rings. The number of aryl methyl sites for hydroxylation is 1. The Balaban J connectivity index is 1.32. The van der Waals surface area contributed by atoms with Crippen molar-refractivity contribution < 1.29 is 18.7 Å². The van der Waals surface area contributed by atoms with Gasteiger partial charge in [-0.25, -0.2) is 9.18 Å². The van der Waals surface area contributed by atoms with Gasteiger partial charge in [0, 0.05) is 63.0 Å². The summed E-state index contributed by atoms with van der Waals surface area (Å²) in [5.74, 6) is -0.411. The van der Waals surface area contributed by atoms with E-state index in [0.717, 1.165) is 31.9 Å². The molecule has 0 bridgehead atoms. The Bertz CT molecular complexity index is 904. The molecule has 0 radical (unpaired) electrons. The molecule has 2 fully saturated rings. The largest absolute Gasteiger partial charge is 0.352 e. The van der Waals surface area contributed by atoms with Gasteiger partial charge in [0.05, 0.1) is 5.69 Å². The van der Waals surface area contributed by atoms with Crippen molar-refractivity contribution in [3.05, 3.63) is 53.6 Å². The van der Waals surface area contributed by atoms with Crippen LogP contribution in [0, 0.1) is 12.7 Å². The fourth-order valence-electron chi connectivity index (χ4n) is 3.65. The first-order valence-corrected chi connectivity index (χ1v) is 9.96.